The van der Waals surface area contributed by atoms with E-state index < -0.39 is 5.97 Å². The second-order valence-corrected chi connectivity index (χ2v) is 6.37. The van der Waals surface area contributed by atoms with E-state index in [1.807, 2.05) is 4.52 Å². The van der Waals surface area contributed by atoms with Gasteiger partial charge in [-0.25, -0.2) is 0 Å². The maximum Gasteiger partial charge on any atom is 0.303 e. The molecule has 2 aromatic heterocycles. The van der Waals surface area contributed by atoms with Crippen molar-refractivity contribution in [3.8, 4) is 0 Å². The average molecular weight is 294 g/mol. The van der Waals surface area contributed by atoms with Crippen LogP contribution in [0.25, 0.3) is 4.96 Å². The molecule has 2 heterocycles. The molecule has 0 aromatic carbocycles. The van der Waals surface area contributed by atoms with Gasteiger partial charge in [-0.2, -0.15) is 9.61 Å². The van der Waals surface area contributed by atoms with Crippen molar-refractivity contribution in [2.45, 2.75) is 57.3 Å². The van der Waals surface area contributed by atoms with E-state index in [-0.39, 0.29) is 6.42 Å². The van der Waals surface area contributed by atoms with Crippen LogP contribution in [0.15, 0.2) is 0 Å². The number of hydrogen-bond donors (Lipinski definition) is 1. The summed E-state index contributed by atoms with van der Waals surface area (Å²) in [6.45, 7) is 0. The predicted octanol–water partition coefficient (Wildman–Crippen LogP) is 2.64. The van der Waals surface area contributed by atoms with Crippen LogP contribution in [-0.4, -0.2) is 30.9 Å². The Balaban J connectivity index is 1.74. The van der Waals surface area contributed by atoms with Gasteiger partial charge in [-0.3, -0.25) is 4.79 Å². The fraction of sp³-hybridized carbons (Fsp3) is 0.692. The van der Waals surface area contributed by atoms with Crippen molar-refractivity contribution in [1.29, 1.82) is 0 Å². The lowest BCUT2D eigenvalue weighted by Crippen LogP contribution is -2.09. The number of aryl methyl sites for hydroxylation is 1. The molecule has 20 heavy (non-hydrogen) atoms. The van der Waals surface area contributed by atoms with Crippen LogP contribution in [0.3, 0.4) is 0 Å². The van der Waals surface area contributed by atoms with Crippen LogP contribution in [0.5, 0.6) is 0 Å². The first kappa shape index (κ1) is 13.5. The molecule has 0 bridgehead atoms. The molecule has 7 heteroatoms. The predicted molar refractivity (Wildman–Crippen MR) is 75.1 cm³/mol. The third-order valence-electron chi connectivity index (χ3n) is 3.81. The van der Waals surface area contributed by atoms with Crippen molar-refractivity contribution in [1.82, 2.24) is 19.8 Å². The number of aromatic nitrogens is 4. The summed E-state index contributed by atoms with van der Waals surface area (Å²) in [6.07, 6.45) is 7.69. The number of carboxylic acid groups (broad SMARTS) is 1. The molecule has 0 atom stereocenters. The maximum atomic E-state index is 10.5. The molecule has 2 aromatic rings. The zero-order chi connectivity index (χ0) is 13.9. The lowest BCUT2D eigenvalue weighted by Gasteiger charge is -2.18. The van der Waals surface area contributed by atoms with Gasteiger partial charge in [-0.1, -0.05) is 30.6 Å². The Labute approximate surface area is 120 Å². The molecule has 3 rings (SSSR count). The fourth-order valence-electron chi connectivity index (χ4n) is 2.78. The van der Waals surface area contributed by atoms with E-state index in [1.165, 1.54) is 43.4 Å². The normalized spacial score (nSPS) is 16.8. The summed E-state index contributed by atoms with van der Waals surface area (Å²) >= 11 is 1.52. The first-order valence-electron chi connectivity index (χ1n) is 7.17. The molecule has 1 N–H and O–H groups in total. The highest BCUT2D eigenvalue weighted by molar-refractivity contribution is 7.16. The molecule has 108 valence electrons. The van der Waals surface area contributed by atoms with Gasteiger partial charge in [0.25, 0.3) is 0 Å². The van der Waals surface area contributed by atoms with Gasteiger partial charge < -0.3 is 5.11 Å². The zero-order valence-electron chi connectivity index (χ0n) is 11.3. The quantitative estimate of drug-likeness (QED) is 0.917. The van der Waals surface area contributed by atoms with E-state index in [2.05, 4.69) is 15.3 Å². The largest absolute Gasteiger partial charge is 0.481 e. The summed E-state index contributed by atoms with van der Waals surface area (Å²) in [7, 11) is 0. The van der Waals surface area contributed by atoms with E-state index in [0.717, 1.165) is 15.8 Å². The number of fused-ring (bicyclic) bond motifs is 1. The van der Waals surface area contributed by atoms with Gasteiger partial charge in [-0.15, -0.1) is 10.2 Å². The number of carboxylic acids is 1. The first-order chi connectivity index (χ1) is 9.74. The highest BCUT2D eigenvalue weighted by Crippen LogP contribution is 2.32. The van der Waals surface area contributed by atoms with E-state index in [1.54, 1.807) is 0 Å². The highest BCUT2D eigenvalue weighted by Gasteiger charge is 2.22. The van der Waals surface area contributed by atoms with E-state index in [4.69, 9.17) is 5.11 Å². The summed E-state index contributed by atoms with van der Waals surface area (Å²) < 4.78 is 1.87. The first-order valence-corrected chi connectivity index (χ1v) is 7.98. The standard InChI is InChI=1S/C13H18N4O2S/c18-11(19)8-4-7-10-16-17-12(14-15-13(17)20-10)9-5-2-1-3-6-9/h9H,1-8H2,(H,18,19). The number of aliphatic carboxylic acids is 1. The maximum absolute atomic E-state index is 10.5. The van der Waals surface area contributed by atoms with Crippen LogP contribution in [0.1, 0.15) is 61.7 Å². The highest BCUT2D eigenvalue weighted by atomic mass is 32.1. The molecule has 1 saturated carbocycles. The summed E-state index contributed by atoms with van der Waals surface area (Å²) in [6, 6.07) is 0. The third kappa shape index (κ3) is 2.82. The molecular weight excluding hydrogens is 276 g/mol. The fourth-order valence-corrected chi connectivity index (χ4v) is 3.66. The molecule has 1 aliphatic carbocycles. The SMILES string of the molecule is O=C(O)CCCc1nn2c(C3CCCCC3)nnc2s1. The molecule has 0 saturated heterocycles. The van der Waals surface area contributed by atoms with Gasteiger partial charge >= 0.3 is 5.97 Å². The molecule has 0 amide bonds. The minimum Gasteiger partial charge on any atom is -0.481 e. The number of hydrogen-bond acceptors (Lipinski definition) is 5. The van der Waals surface area contributed by atoms with Crippen LogP contribution in [0.2, 0.25) is 0 Å². The van der Waals surface area contributed by atoms with Crippen molar-refractivity contribution >= 4 is 22.3 Å². The summed E-state index contributed by atoms with van der Waals surface area (Å²) in [5.74, 6) is 0.712. The second kappa shape index (κ2) is 5.87. The number of nitrogens with zero attached hydrogens (tertiary/aromatic N) is 4. The van der Waals surface area contributed by atoms with Gasteiger partial charge in [0.15, 0.2) is 5.82 Å². The van der Waals surface area contributed by atoms with Gasteiger partial charge in [-0.05, 0) is 19.3 Å². The summed E-state index contributed by atoms with van der Waals surface area (Å²) in [5, 5.41) is 22.7. The Hall–Kier alpha value is -1.50. The molecule has 1 aliphatic rings. The van der Waals surface area contributed by atoms with Crippen LogP contribution in [0.4, 0.5) is 0 Å². The van der Waals surface area contributed by atoms with Crippen LogP contribution >= 0.6 is 11.3 Å². The van der Waals surface area contributed by atoms with Crippen molar-refractivity contribution in [2.75, 3.05) is 0 Å². The van der Waals surface area contributed by atoms with Crippen LogP contribution in [-0.2, 0) is 11.2 Å². The lowest BCUT2D eigenvalue weighted by atomic mass is 9.89. The molecule has 0 spiro atoms. The Morgan fingerprint density at radius 1 is 1.30 bits per heavy atom. The summed E-state index contributed by atoms with van der Waals surface area (Å²) in [4.78, 5) is 11.4. The van der Waals surface area contributed by atoms with Crippen LogP contribution < -0.4 is 0 Å². The Kier molecular flexibility index (Phi) is 3.95. The number of carbonyl (C=O) groups is 1. The molecule has 0 radical (unpaired) electrons. The van der Waals surface area contributed by atoms with E-state index >= 15 is 0 Å². The molecule has 0 unspecified atom stereocenters. The van der Waals surface area contributed by atoms with Gasteiger partial charge in [0.05, 0.1) is 0 Å². The van der Waals surface area contributed by atoms with E-state index in [9.17, 15) is 4.79 Å². The Morgan fingerprint density at radius 3 is 2.85 bits per heavy atom. The smallest absolute Gasteiger partial charge is 0.303 e. The minimum atomic E-state index is -0.754. The van der Waals surface area contributed by atoms with Crippen molar-refractivity contribution in [3.05, 3.63) is 10.8 Å². The average Bonchev–Trinajstić information content (AvgIpc) is 2.99. The second-order valence-electron chi connectivity index (χ2n) is 5.33. The van der Waals surface area contributed by atoms with Gasteiger partial charge in [0, 0.05) is 18.8 Å². The van der Waals surface area contributed by atoms with Crippen molar-refractivity contribution in [2.24, 2.45) is 0 Å². The van der Waals surface area contributed by atoms with Crippen LogP contribution in [0, 0.1) is 0 Å². The lowest BCUT2D eigenvalue weighted by molar-refractivity contribution is -0.137. The minimum absolute atomic E-state index is 0.190. The Morgan fingerprint density at radius 2 is 2.10 bits per heavy atom. The van der Waals surface area contributed by atoms with Crippen molar-refractivity contribution in [3.63, 3.8) is 0 Å². The van der Waals surface area contributed by atoms with Crippen molar-refractivity contribution < 1.29 is 9.90 Å². The third-order valence-corrected chi connectivity index (χ3v) is 4.77. The summed E-state index contributed by atoms with van der Waals surface area (Å²) in [5.41, 5.74) is 0. The van der Waals surface area contributed by atoms with Gasteiger partial charge in [0.2, 0.25) is 4.96 Å². The van der Waals surface area contributed by atoms with Gasteiger partial charge in [0.1, 0.15) is 5.01 Å². The number of rotatable bonds is 5. The zero-order valence-corrected chi connectivity index (χ0v) is 12.1. The molecular formula is C13H18N4O2S. The monoisotopic (exact) mass is 294 g/mol. The Bertz CT molecular complexity index is 601. The molecule has 6 nitrogen and oxygen atoms in total. The molecule has 0 aliphatic heterocycles. The van der Waals surface area contributed by atoms with E-state index in [0.29, 0.717) is 18.8 Å². The molecule has 1 fully saturated rings. The topological polar surface area (TPSA) is 80.4 Å².